The molecular weight excluding hydrogens is 719 g/mol. The SMILES string of the molecule is c1ccc(-c2cccc(-c3ccc(-c4nc(-c5ccc(-c6cccc(-c7ccccc7)c6)c6ccccc56)nc(-c5cccc6c5oc5ccccc56)n4)cc3)c2)cc1. The van der Waals surface area contributed by atoms with Crippen LogP contribution in [-0.2, 0) is 0 Å². The van der Waals surface area contributed by atoms with Gasteiger partial charge in [-0.3, -0.25) is 0 Å². The minimum atomic E-state index is 0.554. The molecule has 0 saturated carbocycles. The molecule has 0 unspecified atom stereocenters. The van der Waals surface area contributed by atoms with Gasteiger partial charge in [0.05, 0.1) is 5.56 Å². The first-order chi connectivity index (χ1) is 29.2. The molecule has 0 bridgehead atoms. The van der Waals surface area contributed by atoms with Gasteiger partial charge in [0, 0.05) is 21.9 Å². The average molecular weight is 754 g/mol. The van der Waals surface area contributed by atoms with Crippen LogP contribution >= 0.6 is 0 Å². The first-order valence-corrected chi connectivity index (χ1v) is 19.8. The molecule has 11 rings (SSSR count). The highest BCUT2D eigenvalue weighted by molar-refractivity contribution is 6.09. The second kappa shape index (κ2) is 14.5. The van der Waals surface area contributed by atoms with Gasteiger partial charge in [-0.15, -0.1) is 0 Å². The summed E-state index contributed by atoms with van der Waals surface area (Å²) in [5.74, 6) is 1.74. The Bertz CT molecular complexity index is 3320. The number of hydrogen-bond donors (Lipinski definition) is 0. The third kappa shape index (κ3) is 6.34. The lowest BCUT2D eigenvalue weighted by atomic mass is 9.93. The molecule has 0 aliphatic carbocycles. The van der Waals surface area contributed by atoms with Crippen molar-refractivity contribution in [3.63, 3.8) is 0 Å². The summed E-state index contributed by atoms with van der Waals surface area (Å²) in [6.07, 6.45) is 0. The molecule has 0 spiro atoms. The standard InChI is InChI=1S/C55H35N3O/c1-3-14-36(15-4-1)40-18-11-19-41(34-40)38-28-30-39(31-29-38)53-56-54(58-55(57-53)50-26-13-25-48-47-24-9-10-27-51(47)59-52(48)50)49-33-32-44(45-22-7-8-23-46(45)49)43-21-12-20-42(35-43)37-16-5-2-6-17-37/h1-35H. The summed E-state index contributed by atoms with van der Waals surface area (Å²) >= 11 is 0. The van der Waals surface area contributed by atoms with Gasteiger partial charge in [0.15, 0.2) is 17.5 Å². The monoisotopic (exact) mass is 753 g/mol. The van der Waals surface area contributed by atoms with Crippen LogP contribution in [0.2, 0.25) is 0 Å². The fourth-order valence-corrected chi connectivity index (χ4v) is 8.23. The van der Waals surface area contributed by atoms with Crippen LogP contribution in [0.15, 0.2) is 217 Å². The lowest BCUT2D eigenvalue weighted by molar-refractivity contribution is 0.669. The van der Waals surface area contributed by atoms with Crippen molar-refractivity contribution in [2.24, 2.45) is 0 Å². The van der Waals surface area contributed by atoms with Crippen molar-refractivity contribution >= 4 is 32.7 Å². The van der Waals surface area contributed by atoms with Crippen molar-refractivity contribution in [2.45, 2.75) is 0 Å². The Hall–Kier alpha value is -7.95. The molecule has 0 atom stereocenters. The number of aromatic nitrogens is 3. The molecule has 276 valence electrons. The van der Waals surface area contributed by atoms with Crippen LogP contribution < -0.4 is 0 Å². The third-order valence-corrected chi connectivity index (χ3v) is 11.2. The molecule has 59 heavy (non-hydrogen) atoms. The summed E-state index contributed by atoms with van der Waals surface area (Å²) in [4.78, 5) is 15.7. The van der Waals surface area contributed by atoms with Crippen molar-refractivity contribution in [1.29, 1.82) is 0 Å². The Morgan fingerprint density at radius 3 is 1.37 bits per heavy atom. The molecule has 9 aromatic carbocycles. The van der Waals surface area contributed by atoms with Gasteiger partial charge < -0.3 is 4.42 Å². The first kappa shape index (κ1) is 34.3. The van der Waals surface area contributed by atoms with Crippen molar-refractivity contribution < 1.29 is 4.42 Å². The van der Waals surface area contributed by atoms with Gasteiger partial charge in [-0.2, -0.15) is 0 Å². The van der Waals surface area contributed by atoms with E-state index in [1.165, 1.54) is 22.3 Å². The van der Waals surface area contributed by atoms with Crippen LogP contribution in [0, 0.1) is 0 Å². The highest BCUT2D eigenvalue weighted by Crippen LogP contribution is 2.39. The largest absolute Gasteiger partial charge is 0.455 e. The zero-order chi connectivity index (χ0) is 39.1. The van der Waals surface area contributed by atoms with Crippen LogP contribution in [0.5, 0.6) is 0 Å². The van der Waals surface area contributed by atoms with Crippen LogP contribution in [0.25, 0.3) is 111 Å². The van der Waals surface area contributed by atoms with Crippen LogP contribution in [0.4, 0.5) is 0 Å². The van der Waals surface area contributed by atoms with Crippen molar-refractivity contribution in [3.05, 3.63) is 212 Å². The molecule has 2 aromatic heterocycles. The number of nitrogens with zero attached hydrogens (tertiary/aromatic N) is 3. The number of furan rings is 1. The normalized spacial score (nSPS) is 11.4. The van der Waals surface area contributed by atoms with E-state index in [0.717, 1.165) is 71.7 Å². The Morgan fingerprint density at radius 1 is 0.254 bits per heavy atom. The second-order valence-corrected chi connectivity index (χ2v) is 14.8. The fraction of sp³-hybridized carbons (Fsp3) is 0. The average Bonchev–Trinajstić information content (AvgIpc) is 3.71. The molecule has 0 aliphatic rings. The van der Waals surface area contributed by atoms with Gasteiger partial charge in [0.25, 0.3) is 0 Å². The molecule has 0 amide bonds. The van der Waals surface area contributed by atoms with E-state index < -0.39 is 0 Å². The predicted molar refractivity (Wildman–Crippen MR) is 243 cm³/mol. The van der Waals surface area contributed by atoms with Crippen LogP contribution in [0.3, 0.4) is 0 Å². The maximum Gasteiger partial charge on any atom is 0.167 e. The molecule has 11 aromatic rings. The topological polar surface area (TPSA) is 51.8 Å². The van der Waals surface area contributed by atoms with E-state index in [2.05, 4.69) is 182 Å². The lowest BCUT2D eigenvalue weighted by Gasteiger charge is -2.14. The number of benzene rings is 9. The molecule has 0 radical (unpaired) electrons. The van der Waals surface area contributed by atoms with E-state index >= 15 is 0 Å². The maximum atomic E-state index is 6.51. The summed E-state index contributed by atoms with van der Waals surface area (Å²) in [7, 11) is 0. The van der Waals surface area contributed by atoms with E-state index in [0.29, 0.717) is 17.5 Å². The number of hydrogen-bond acceptors (Lipinski definition) is 4. The molecular formula is C55H35N3O. The maximum absolute atomic E-state index is 6.51. The molecule has 0 N–H and O–H groups in total. The molecule has 2 heterocycles. The zero-order valence-electron chi connectivity index (χ0n) is 32.0. The molecule has 4 nitrogen and oxygen atoms in total. The second-order valence-electron chi connectivity index (χ2n) is 14.8. The smallest absolute Gasteiger partial charge is 0.167 e. The van der Waals surface area contributed by atoms with Crippen LogP contribution in [0.1, 0.15) is 0 Å². The van der Waals surface area contributed by atoms with E-state index in [9.17, 15) is 0 Å². The first-order valence-electron chi connectivity index (χ1n) is 19.8. The minimum absolute atomic E-state index is 0.554. The van der Waals surface area contributed by atoms with Gasteiger partial charge in [-0.1, -0.05) is 182 Å². The van der Waals surface area contributed by atoms with Gasteiger partial charge in [-0.05, 0) is 85.6 Å². The zero-order valence-corrected chi connectivity index (χ0v) is 32.0. The van der Waals surface area contributed by atoms with E-state index in [1.807, 2.05) is 30.3 Å². The van der Waals surface area contributed by atoms with Crippen molar-refractivity contribution in [3.8, 4) is 78.7 Å². The van der Waals surface area contributed by atoms with Crippen molar-refractivity contribution in [2.75, 3.05) is 0 Å². The minimum Gasteiger partial charge on any atom is -0.455 e. The summed E-state index contributed by atoms with van der Waals surface area (Å²) in [5.41, 5.74) is 13.5. The molecule has 0 aliphatic heterocycles. The highest BCUT2D eigenvalue weighted by Gasteiger charge is 2.20. The Kier molecular flexibility index (Phi) is 8.45. The molecule has 4 heteroatoms. The Labute approximate surface area is 341 Å². The van der Waals surface area contributed by atoms with E-state index in [4.69, 9.17) is 19.4 Å². The highest BCUT2D eigenvalue weighted by atomic mass is 16.3. The number of para-hydroxylation sites is 2. The summed E-state index contributed by atoms with van der Waals surface area (Å²) in [5, 5.41) is 4.27. The number of fused-ring (bicyclic) bond motifs is 4. The molecule has 0 fully saturated rings. The van der Waals surface area contributed by atoms with Gasteiger partial charge in [0.1, 0.15) is 11.2 Å². The Balaban J connectivity index is 1.06. The molecule has 0 saturated heterocycles. The quantitative estimate of drug-likeness (QED) is 0.163. The number of rotatable bonds is 7. The predicted octanol–water partition coefficient (Wildman–Crippen LogP) is 14.6. The van der Waals surface area contributed by atoms with Gasteiger partial charge in [0.2, 0.25) is 0 Å². The van der Waals surface area contributed by atoms with Crippen LogP contribution in [-0.4, -0.2) is 15.0 Å². The van der Waals surface area contributed by atoms with Gasteiger partial charge >= 0.3 is 0 Å². The van der Waals surface area contributed by atoms with Gasteiger partial charge in [-0.25, -0.2) is 15.0 Å². The Morgan fingerprint density at radius 2 is 0.695 bits per heavy atom. The fourth-order valence-electron chi connectivity index (χ4n) is 8.23. The summed E-state index contributed by atoms with van der Waals surface area (Å²) < 4.78 is 6.51. The van der Waals surface area contributed by atoms with E-state index in [1.54, 1.807) is 0 Å². The summed E-state index contributed by atoms with van der Waals surface area (Å²) in [6.45, 7) is 0. The third-order valence-electron chi connectivity index (χ3n) is 11.2. The lowest BCUT2D eigenvalue weighted by Crippen LogP contribution is -2.01. The summed E-state index contributed by atoms with van der Waals surface area (Å²) in [6, 6.07) is 74.1. The van der Waals surface area contributed by atoms with E-state index in [-0.39, 0.29) is 0 Å². The van der Waals surface area contributed by atoms with Crippen molar-refractivity contribution in [1.82, 2.24) is 15.0 Å².